The van der Waals surface area contributed by atoms with Crippen molar-refractivity contribution in [2.75, 3.05) is 19.0 Å². The predicted octanol–water partition coefficient (Wildman–Crippen LogP) is 2.01. The summed E-state index contributed by atoms with van der Waals surface area (Å²) in [7, 11) is 1.59. The predicted molar refractivity (Wildman–Crippen MR) is 105 cm³/mol. The molecule has 1 aromatic heterocycles. The molecule has 148 valence electrons. The Morgan fingerprint density at radius 1 is 1.28 bits per heavy atom. The summed E-state index contributed by atoms with van der Waals surface area (Å²) in [5.41, 5.74) is 0.953. The Bertz CT molecular complexity index is 975. The molecule has 29 heavy (non-hydrogen) atoms. The lowest BCUT2D eigenvalue weighted by Crippen LogP contribution is -2.41. The van der Waals surface area contributed by atoms with Crippen LogP contribution in [0.25, 0.3) is 0 Å². The van der Waals surface area contributed by atoms with Crippen LogP contribution in [0.1, 0.15) is 5.56 Å². The van der Waals surface area contributed by atoms with E-state index in [9.17, 15) is 9.59 Å². The Morgan fingerprint density at radius 3 is 2.76 bits per heavy atom. The molecule has 2 fully saturated rings. The van der Waals surface area contributed by atoms with Crippen LogP contribution in [0.3, 0.4) is 0 Å². The number of hydrogen-bond acceptors (Lipinski definition) is 5. The standard InChI is InChI=1S/C22H21N3O4/c1-28-16-4-2-15(3-5-16)24-20(26)18-17-6-9-22(29-17)13-25(21(27)19(18)22)12-14-7-10-23-11-8-14/h2-11,17-19H,12-13H2,1H3,(H,24,26)/t17-,18-,19+,22+/m1/s1. The van der Waals surface area contributed by atoms with Gasteiger partial charge in [0, 0.05) is 24.6 Å². The zero-order chi connectivity index (χ0) is 20.0. The van der Waals surface area contributed by atoms with E-state index >= 15 is 0 Å². The second-order valence-corrected chi connectivity index (χ2v) is 7.67. The largest absolute Gasteiger partial charge is 0.497 e. The van der Waals surface area contributed by atoms with E-state index in [0.717, 1.165) is 5.56 Å². The fourth-order valence-electron chi connectivity index (χ4n) is 4.62. The van der Waals surface area contributed by atoms with Crippen LogP contribution in [0, 0.1) is 11.8 Å². The second kappa shape index (κ2) is 6.70. The Kier molecular flexibility index (Phi) is 4.13. The van der Waals surface area contributed by atoms with Crippen LogP contribution in [-0.4, -0.2) is 47.1 Å². The minimum absolute atomic E-state index is 0.0384. The zero-order valence-corrected chi connectivity index (χ0v) is 15.9. The summed E-state index contributed by atoms with van der Waals surface area (Å²) in [5, 5.41) is 2.93. The van der Waals surface area contributed by atoms with Gasteiger partial charge in [0.05, 0.1) is 31.6 Å². The van der Waals surface area contributed by atoms with Crippen molar-refractivity contribution in [3.05, 3.63) is 66.5 Å². The van der Waals surface area contributed by atoms with Crippen molar-refractivity contribution in [1.29, 1.82) is 0 Å². The van der Waals surface area contributed by atoms with Crippen molar-refractivity contribution in [2.45, 2.75) is 18.2 Å². The molecule has 2 amide bonds. The van der Waals surface area contributed by atoms with Crippen molar-refractivity contribution in [2.24, 2.45) is 11.8 Å². The van der Waals surface area contributed by atoms with Gasteiger partial charge in [-0.2, -0.15) is 0 Å². The molecule has 2 saturated heterocycles. The van der Waals surface area contributed by atoms with Gasteiger partial charge >= 0.3 is 0 Å². The van der Waals surface area contributed by atoms with E-state index in [1.54, 1.807) is 48.7 Å². The van der Waals surface area contributed by atoms with Crippen molar-refractivity contribution in [3.8, 4) is 5.75 Å². The first-order valence-electron chi connectivity index (χ1n) is 9.59. The van der Waals surface area contributed by atoms with E-state index < -0.39 is 17.4 Å². The first-order valence-corrected chi connectivity index (χ1v) is 9.59. The van der Waals surface area contributed by atoms with Gasteiger partial charge in [-0.3, -0.25) is 14.6 Å². The molecule has 2 bridgehead atoms. The maximum Gasteiger partial charge on any atom is 0.231 e. The normalized spacial score (nSPS) is 29.2. The van der Waals surface area contributed by atoms with E-state index in [1.165, 1.54) is 0 Å². The first kappa shape index (κ1) is 17.9. The number of hydrogen-bond donors (Lipinski definition) is 1. The fraction of sp³-hybridized carbons (Fsp3) is 0.318. The Labute approximate surface area is 168 Å². The molecule has 0 radical (unpaired) electrons. The molecule has 3 aliphatic heterocycles. The van der Waals surface area contributed by atoms with Crippen LogP contribution < -0.4 is 10.1 Å². The number of aromatic nitrogens is 1. The number of pyridine rings is 1. The summed E-state index contributed by atoms with van der Waals surface area (Å²) in [6, 6.07) is 10.9. The van der Waals surface area contributed by atoms with E-state index in [0.29, 0.717) is 24.5 Å². The third kappa shape index (κ3) is 2.89. The van der Waals surface area contributed by atoms with Crippen LogP contribution in [0.15, 0.2) is 60.9 Å². The molecule has 1 aromatic carbocycles. The topological polar surface area (TPSA) is 80.8 Å². The number of nitrogens with zero attached hydrogens (tertiary/aromatic N) is 2. The highest BCUT2D eigenvalue weighted by atomic mass is 16.5. The molecule has 1 spiro atoms. The molecule has 3 aliphatic rings. The number of likely N-dealkylation sites (tertiary alicyclic amines) is 1. The minimum atomic E-state index is -0.712. The average Bonchev–Trinajstić information content (AvgIpc) is 3.38. The van der Waals surface area contributed by atoms with Crippen LogP contribution in [0.4, 0.5) is 5.69 Å². The van der Waals surface area contributed by atoms with Gasteiger partial charge in [0.25, 0.3) is 0 Å². The Hall–Kier alpha value is -3.19. The average molecular weight is 391 g/mol. The Morgan fingerprint density at radius 2 is 2.03 bits per heavy atom. The quantitative estimate of drug-likeness (QED) is 0.789. The van der Waals surface area contributed by atoms with Gasteiger partial charge in [-0.15, -0.1) is 0 Å². The third-order valence-electron chi connectivity index (χ3n) is 5.96. The number of fused-ring (bicyclic) bond motifs is 1. The first-order chi connectivity index (χ1) is 14.1. The van der Waals surface area contributed by atoms with Crippen molar-refractivity contribution < 1.29 is 19.1 Å². The highest BCUT2D eigenvalue weighted by Crippen LogP contribution is 2.52. The van der Waals surface area contributed by atoms with E-state index in [-0.39, 0.29) is 17.9 Å². The zero-order valence-electron chi connectivity index (χ0n) is 15.9. The smallest absolute Gasteiger partial charge is 0.231 e. The summed E-state index contributed by atoms with van der Waals surface area (Å²) >= 11 is 0. The maximum atomic E-state index is 13.2. The highest BCUT2D eigenvalue weighted by Gasteiger charge is 2.66. The number of amides is 2. The number of carbonyl (C=O) groups excluding carboxylic acids is 2. The molecule has 0 unspecified atom stereocenters. The lowest BCUT2D eigenvalue weighted by Gasteiger charge is -2.23. The lowest BCUT2D eigenvalue weighted by molar-refractivity contribution is -0.136. The monoisotopic (exact) mass is 391 g/mol. The van der Waals surface area contributed by atoms with E-state index in [4.69, 9.17) is 9.47 Å². The lowest BCUT2D eigenvalue weighted by atomic mass is 9.77. The maximum absolute atomic E-state index is 13.2. The van der Waals surface area contributed by atoms with Gasteiger partial charge in [-0.05, 0) is 42.0 Å². The fourth-order valence-corrected chi connectivity index (χ4v) is 4.62. The number of benzene rings is 1. The van der Waals surface area contributed by atoms with Gasteiger partial charge in [-0.1, -0.05) is 12.2 Å². The van der Waals surface area contributed by atoms with Crippen molar-refractivity contribution in [1.82, 2.24) is 9.88 Å². The van der Waals surface area contributed by atoms with Gasteiger partial charge in [0.2, 0.25) is 11.8 Å². The molecule has 7 nitrogen and oxygen atoms in total. The Balaban J connectivity index is 1.36. The SMILES string of the molecule is COc1ccc(NC(=O)[C@H]2[C@H]3C(=O)N(Cc4ccncc4)C[C@@]34C=C[C@H]2O4)cc1. The van der Waals surface area contributed by atoms with Crippen molar-refractivity contribution >= 4 is 17.5 Å². The summed E-state index contributed by atoms with van der Waals surface area (Å²) < 4.78 is 11.3. The van der Waals surface area contributed by atoms with E-state index in [2.05, 4.69) is 10.3 Å². The van der Waals surface area contributed by atoms with E-state index in [1.807, 2.05) is 24.3 Å². The molecule has 5 rings (SSSR count). The van der Waals surface area contributed by atoms with Gasteiger partial charge in [0.1, 0.15) is 11.4 Å². The molecule has 4 atom stereocenters. The van der Waals surface area contributed by atoms with Gasteiger partial charge < -0.3 is 19.7 Å². The molecular weight excluding hydrogens is 370 g/mol. The van der Waals surface area contributed by atoms with Gasteiger partial charge in [-0.25, -0.2) is 0 Å². The molecule has 2 aromatic rings. The molecule has 1 N–H and O–H groups in total. The van der Waals surface area contributed by atoms with Crippen LogP contribution in [0.5, 0.6) is 5.75 Å². The molecule has 0 aliphatic carbocycles. The third-order valence-corrected chi connectivity index (χ3v) is 5.96. The number of methoxy groups -OCH3 is 1. The summed E-state index contributed by atoms with van der Waals surface area (Å²) in [4.78, 5) is 32.1. The highest BCUT2D eigenvalue weighted by molar-refractivity contribution is 5.99. The molecule has 4 heterocycles. The van der Waals surface area contributed by atoms with Crippen molar-refractivity contribution in [3.63, 3.8) is 0 Å². The van der Waals surface area contributed by atoms with Crippen LogP contribution >= 0.6 is 0 Å². The molecular formula is C22H21N3O4. The number of nitrogens with one attached hydrogen (secondary N) is 1. The summed E-state index contributed by atoms with van der Waals surface area (Å²) in [5.74, 6) is -0.570. The molecule has 7 heteroatoms. The van der Waals surface area contributed by atoms with Crippen LogP contribution in [0.2, 0.25) is 0 Å². The second-order valence-electron chi connectivity index (χ2n) is 7.67. The number of carbonyl (C=O) groups is 2. The summed E-state index contributed by atoms with van der Waals surface area (Å²) in [6.45, 7) is 0.937. The molecule has 0 saturated carbocycles. The minimum Gasteiger partial charge on any atom is -0.497 e. The summed E-state index contributed by atoms with van der Waals surface area (Å²) in [6.07, 6.45) is 6.93. The van der Waals surface area contributed by atoms with Crippen LogP contribution in [-0.2, 0) is 20.9 Å². The number of ether oxygens (including phenoxy) is 2. The number of rotatable bonds is 5. The van der Waals surface area contributed by atoms with Gasteiger partial charge in [0.15, 0.2) is 0 Å². The number of anilines is 1.